The fourth-order valence-electron chi connectivity index (χ4n) is 2.71. The predicted molar refractivity (Wildman–Crippen MR) is 96.8 cm³/mol. The molecule has 1 N–H and O–H groups in total. The molecule has 2 amide bonds. The molecule has 1 fully saturated rings. The van der Waals surface area contributed by atoms with Crippen molar-refractivity contribution in [2.24, 2.45) is 0 Å². The summed E-state index contributed by atoms with van der Waals surface area (Å²) in [5.74, 6) is -0.0748. The van der Waals surface area contributed by atoms with Crippen molar-refractivity contribution < 1.29 is 14.3 Å². The molecule has 1 aliphatic heterocycles. The Morgan fingerprint density at radius 1 is 1.20 bits per heavy atom. The first-order valence-corrected chi connectivity index (χ1v) is 8.54. The Hall–Kier alpha value is -2.53. The number of cyclic esters (lactones) is 1. The minimum absolute atomic E-state index is 0.0748. The molecule has 0 spiro atoms. The van der Waals surface area contributed by atoms with Crippen LogP contribution in [-0.2, 0) is 16.0 Å². The average molecular weight is 359 g/mol. The minimum Gasteiger partial charge on any atom is -0.442 e. The first kappa shape index (κ1) is 17.3. The van der Waals surface area contributed by atoms with Crippen LogP contribution in [0.3, 0.4) is 0 Å². The number of hydrogen-bond acceptors (Lipinski definition) is 3. The topological polar surface area (TPSA) is 58.6 Å². The molecule has 6 heteroatoms. The van der Waals surface area contributed by atoms with Crippen LogP contribution < -0.4 is 10.2 Å². The first-order chi connectivity index (χ1) is 12.1. The molecular weight excluding hydrogens is 340 g/mol. The number of hydrogen-bond donors (Lipinski definition) is 1. The van der Waals surface area contributed by atoms with Crippen LogP contribution in [-0.4, -0.2) is 31.2 Å². The summed E-state index contributed by atoms with van der Waals surface area (Å²) < 4.78 is 5.31. The Balaban J connectivity index is 1.44. The molecule has 2 aromatic rings. The maximum Gasteiger partial charge on any atom is 0.414 e. The molecule has 1 heterocycles. The number of rotatable bonds is 6. The number of benzene rings is 2. The summed E-state index contributed by atoms with van der Waals surface area (Å²) in [6.45, 7) is 0.737. The van der Waals surface area contributed by atoms with Crippen molar-refractivity contribution in [1.29, 1.82) is 0 Å². The van der Waals surface area contributed by atoms with E-state index in [1.165, 1.54) is 0 Å². The van der Waals surface area contributed by atoms with Gasteiger partial charge in [0, 0.05) is 17.1 Å². The van der Waals surface area contributed by atoms with E-state index < -0.39 is 0 Å². The van der Waals surface area contributed by atoms with Crippen LogP contribution in [0.5, 0.6) is 0 Å². The number of nitrogens with zero attached hydrogens (tertiary/aromatic N) is 1. The Morgan fingerprint density at radius 3 is 2.76 bits per heavy atom. The van der Waals surface area contributed by atoms with Crippen molar-refractivity contribution in [1.82, 2.24) is 5.32 Å². The monoisotopic (exact) mass is 358 g/mol. The molecule has 130 valence electrons. The molecule has 0 aromatic heterocycles. The molecule has 0 bridgehead atoms. The van der Waals surface area contributed by atoms with Gasteiger partial charge in [0.2, 0.25) is 5.91 Å². The summed E-state index contributed by atoms with van der Waals surface area (Å²) in [6, 6.07) is 16.8. The molecule has 1 unspecified atom stereocenters. The normalized spacial score (nSPS) is 16.6. The third kappa shape index (κ3) is 4.73. The molecule has 1 aliphatic rings. The largest absolute Gasteiger partial charge is 0.442 e. The molecular formula is C19H19ClN2O3. The van der Waals surface area contributed by atoms with Crippen molar-refractivity contribution >= 4 is 29.3 Å². The van der Waals surface area contributed by atoms with Gasteiger partial charge in [0.15, 0.2) is 0 Å². The van der Waals surface area contributed by atoms with E-state index in [0.29, 0.717) is 31.0 Å². The number of para-hydroxylation sites is 1. The maximum absolute atomic E-state index is 12.0. The molecule has 0 radical (unpaired) electrons. The Kier molecular flexibility index (Phi) is 5.56. The number of aryl methyl sites for hydroxylation is 1. The number of carbonyl (C=O) groups excluding carboxylic acids is 2. The van der Waals surface area contributed by atoms with E-state index in [4.69, 9.17) is 16.3 Å². The Bertz CT molecular complexity index is 751. The third-order valence-corrected chi connectivity index (χ3v) is 4.23. The van der Waals surface area contributed by atoms with Crippen LogP contribution >= 0.6 is 11.6 Å². The highest BCUT2D eigenvalue weighted by molar-refractivity contribution is 6.30. The van der Waals surface area contributed by atoms with Gasteiger partial charge in [0.1, 0.15) is 6.10 Å². The molecule has 1 atom stereocenters. The van der Waals surface area contributed by atoms with Gasteiger partial charge in [-0.15, -0.1) is 0 Å². The van der Waals surface area contributed by atoms with Crippen molar-refractivity contribution in [3.05, 3.63) is 65.2 Å². The van der Waals surface area contributed by atoms with Crippen molar-refractivity contribution in [3.8, 4) is 0 Å². The van der Waals surface area contributed by atoms with Crippen LogP contribution in [0.2, 0.25) is 5.02 Å². The van der Waals surface area contributed by atoms with Gasteiger partial charge in [0.25, 0.3) is 0 Å². The van der Waals surface area contributed by atoms with Gasteiger partial charge in [0.05, 0.1) is 13.1 Å². The van der Waals surface area contributed by atoms with E-state index >= 15 is 0 Å². The number of carbonyl (C=O) groups is 2. The zero-order chi connectivity index (χ0) is 17.6. The lowest BCUT2D eigenvalue weighted by Gasteiger charge is -2.12. The predicted octanol–water partition coefficient (Wildman–Crippen LogP) is 3.41. The summed E-state index contributed by atoms with van der Waals surface area (Å²) in [5, 5.41) is 3.49. The Labute approximate surface area is 151 Å². The lowest BCUT2D eigenvalue weighted by molar-refractivity contribution is -0.121. The Morgan fingerprint density at radius 2 is 2.00 bits per heavy atom. The van der Waals surface area contributed by atoms with Crippen LogP contribution in [0.25, 0.3) is 0 Å². The summed E-state index contributed by atoms with van der Waals surface area (Å²) >= 11 is 5.93. The number of ether oxygens (including phenoxy) is 1. The zero-order valence-corrected chi connectivity index (χ0v) is 14.4. The molecule has 0 aliphatic carbocycles. The van der Waals surface area contributed by atoms with E-state index in [2.05, 4.69) is 5.32 Å². The average Bonchev–Trinajstić information content (AvgIpc) is 3.00. The molecule has 0 saturated carbocycles. The summed E-state index contributed by atoms with van der Waals surface area (Å²) in [6.07, 6.45) is 0.253. The van der Waals surface area contributed by atoms with E-state index in [-0.39, 0.29) is 18.1 Å². The van der Waals surface area contributed by atoms with E-state index in [1.54, 1.807) is 11.0 Å². The standard InChI is InChI=1S/C19H19ClN2O3/c20-15-6-4-5-14(11-15)9-10-18(23)21-12-17-13-22(19(24)25-17)16-7-2-1-3-8-16/h1-8,11,17H,9-10,12-13H2,(H,21,23). The highest BCUT2D eigenvalue weighted by atomic mass is 35.5. The number of halogens is 1. The molecule has 3 rings (SSSR count). The van der Waals surface area contributed by atoms with Gasteiger partial charge < -0.3 is 10.1 Å². The van der Waals surface area contributed by atoms with E-state index in [1.807, 2.05) is 48.5 Å². The third-order valence-electron chi connectivity index (χ3n) is 4.00. The van der Waals surface area contributed by atoms with Gasteiger partial charge in [-0.25, -0.2) is 4.79 Å². The molecule has 5 nitrogen and oxygen atoms in total. The quantitative estimate of drug-likeness (QED) is 0.860. The fraction of sp³-hybridized carbons (Fsp3) is 0.263. The van der Waals surface area contributed by atoms with Crippen molar-refractivity contribution in [2.75, 3.05) is 18.0 Å². The lowest BCUT2D eigenvalue weighted by Crippen LogP contribution is -2.34. The van der Waals surface area contributed by atoms with Crippen LogP contribution in [0.1, 0.15) is 12.0 Å². The summed E-state index contributed by atoms with van der Waals surface area (Å²) in [5.41, 5.74) is 1.81. The molecule has 1 saturated heterocycles. The second-order valence-corrected chi connectivity index (χ2v) is 6.32. The second-order valence-electron chi connectivity index (χ2n) is 5.89. The van der Waals surface area contributed by atoms with Crippen molar-refractivity contribution in [2.45, 2.75) is 18.9 Å². The van der Waals surface area contributed by atoms with Crippen LogP contribution in [0.15, 0.2) is 54.6 Å². The highest BCUT2D eigenvalue weighted by Crippen LogP contribution is 2.20. The van der Waals surface area contributed by atoms with Gasteiger partial charge in [-0.3, -0.25) is 9.69 Å². The summed E-state index contributed by atoms with van der Waals surface area (Å²) in [4.78, 5) is 25.5. The lowest BCUT2D eigenvalue weighted by atomic mass is 10.1. The number of amides is 2. The zero-order valence-electron chi connectivity index (χ0n) is 13.7. The minimum atomic E-state index is -0.385. The van der Waals surface area contributed by atoms with Gasteiger partial charge in [-0.1, -0.05) is 41.9 Å². The van der Waals surface area contributed by atoms with E-state index in [0.717, 1.165) is 11.3 Å². The van der Waals surface area contributed by atoms with Crippen molar-refractivity contribution in [3.63, 3.8) is 0 Å². The smallest absolute Gasteiger partial charge is 0.414 e. The first-order valence-electron chi connectivity index (χ1n) is 8.16. The highest BCUT2D eigenvalue weighted by Gasteiger charge is 2.32. The molecule has 2 aromatic carbocycles. The maximum atomic E-state index is 12.0. The SMILES string of the molecule is O=C(CCc1cccc(Cl)c1)NCC1CN(c2ccccc2)C(=O)O1. The van der Waals surface area contributed by atoms with Crippen LogP contribution in [0, 0.1) is 0 Å². The number of nitrogens with one attached hydrogen (secondary N) is 1. The van der Waals surface area contributed by atoms with Crippen LogP contribution in [0.4, 0.5) is 10.5 Å². The summed E-state index contributed by atoms with van der Waals surface area (Å²) in [7, 11) is 0. The van der Waals surface area contributed by atoms with E-state index in [9.17, 15) is 9.59 Å². The second kappa shape index (κ2) is 8.03. The van der Waals surface area contributed by atoms with Gasteiger partial charge >= 0.3 is 6.09 Å². The van der Waals surface area contributed by atoms with Gasteiger partial charge in [-0.2, -0.15) is 0 Å². The number of anilines is 1. The van der Waals surface area contributed by atoms with Gasteiger partial charge in [-0.05, 0) is 36.2 Å². The molecule has 25 heavy (non-hydrogen) atoms. The fourth-order valence-corrected chi connectivity index (χ4v) is 2.93.